The van der Waals surface area contributed by atoms with E-state index in [1.54, 1.807) is 0 Å². The molecular formula is C32H16B2N2S4. The predicted octanol–water partition coefficient (Wildman–Crippen LogP) is 4.52. The highest BCUT2D eigenvalue weighted by atomic mass is 32.2. The average molecular weight is 594 g/mol. The third kappa shape index (κ3) is 2.95. The van der Waals surface area contributed by atoms with Crippen molar-refractivity contribution >= 4 is 104 Å². The normalized spacial score (nSPS) is 20.6. The summed E-state index contributed by atoms with van der Waals surface area (Å²) in [6.07, 6.45) is 0. The molecule has 4 aromatic carbocycles. The molecule has 0 unspecified atom stereocenters. The minimum Gasteiger partial charge on any atom is -0.239 e. The fourth-order valence-electron chi connectivity index (χ4n) is 5.71. The zero-order valence-electron chi connectivity index (χ0n) is 35.7. The molecule has 10 rings (SSSR count). The van der Waals surface area contributed by atoms with E-state index in [0.29, 0.717) is 30.8 Å². The molecule has 0 saturated heterocycles. The number of nitrogens with zero attached hydrogens (tertiary/aromatic N) is 2. The first-order chi connectivity index (χ1) is 26.5. The Morgan fingerprint density at radius 2 is 0.775 bits per heavy atom. The SMILES string of the molecule is [2H]c1c([2H])c([2H])c2c(c1[2H])Sc1nc3c4c5c(nc3c3c1B2c1c([2H])c([2H])c([2H])c([2H])c1S3)Sc1c([2H])c([2H])c([2H])c([2H])c1B5c1c([2H])c([2H])c([2H])c([2H])c1S4. The zero-order chi connectivity index (χ0) is 39.9. The van der Waals surface area contributed by atoms with Crippen LogP contribution in [0, 0.1) is 0 Å². The molecule has 0 aliphatic carbocycles. The van der Waals surface area contributed by atoms with Gasteiger partial charge in [0.15, 0.2) is 0 Å². The topological polar surface area (TPSA) is 25.8 Å². The van der Waals surface area contributed by atoms with Gasteiger partial charge in [-0.15, -0.1) is 0 Å². The Hall–Kier alpha value is -3.03. The van der Waals surface area contributed by atoms with Crippen molar-refractivity contribution in [2.24, 2.45) is 0 Å². The van der Waals surface area contributed by atoms with Crippen LogP contribution in [0.25, 0.3) is 11.0 Å². The van der Waals surface area contributed by atoms with E-state index >= 15 is 0 Å². The molecule has 2 nitrogen and oxygen atoms in total. The average Bonchev–Trinajstić information content (AvgIpc) is 3.19. The van der Waals surface area contributed by atoms with Gasteiger partial charge in [-0.2, -0.15) is 0 Å². The number of benzene rings is 4. The maximum absolute atomic E-state index is 9.03. The summed E-state index contributed by atoms with van der Waals surface area (Å²) in [7, 11) is 0. The van der Waals surface area contributed by atoms with Crippen LogP contribution in [0.4, 0.5) is 0 Å². The summed E-state index contributed by atoms with van der Waals surface area (Å²) in [6, 6.07) is -6.79. The Morgan fingerprint density at radius 3 is 1.15 bits per heavy atom. The highest BCUT2D eigenvalue weighted by Crippen LogP contribution is 2.45. The second-order valence-electron chi connectivity index (χ2n) is 9.26. The van der Waals surface area contributed by atoms with E-state index in [1.807, 2.05) is 0 Å². The van der Waals surface area contributed by atoms with Gasteiger partial charge in [0.2, 0.25) is 13.4 Å². The Morgan fingerprint density at radius 1 is 0.450 bits per heavy atom. The van der Waals surface area contributed by atoms with Gasteiger partial charge in [-0.05, 0) is 35.1 Å². The van der Waals surface area contributed by atoms with Gasteiger partial charge in [-0.1, -0.05) is 141 Å². The predicted molar refractivity (Wildman–Crippen MR) is 171 cm³/mol. The molecule has 4 aliphatic rings. The molecule has 0 saturated carbocycles. The molecule has 0 amide bonds. The van der Waals surface area contributed by atoms with Crippen molar-refractivity contribution in [3.8, 4) is 0 Å². The maximum atomic E-state index is 9.03. The lowest BCUT2D eigenvalue weighted by Crippen LogP contribution is -2.59. The summed E-state index contributed by atoms with van der Waals surface area (Å²) in [6.45, 7) is -2.20. The second-order valence-corrected chi connectivity index (χ2v) is 13.3. The molecule has 0 spiro atoms. The molecule has 0 radical (unpaired) electrons. The van der Waals surface area contributed by atoms with Gasteiger partial charge in [-0.3, -0.25) is 0 Å². The van der Waals surface area contributed by atoms with E-state index in [1.165, 1.54) is 0 Å². The fourth-order valence-corrected chi connectivity index (χ4v) is 10.2. The van der Waals surface area contributed by atoms with Crippen molar-refractivity contribution in [1.82, 2.24) is 9.97 Å². The van der Waals surface area contributed by atoms with E-state index < -0.39 is 61.8 Å². The van der Waals surface area contributed by atoms with E-state index in [9.17, 15) is 0 Å². The smallest absolute Gasteiger partial charge is 0.239 e. The standard InChI is InChI=1S/C32H16B2N2S4/c1-5-13-21-17(9-1)33-19-11-3-7-15-23(19)39-31-25(33)29(37-21)27-28(35-31)30-26-32(36-27)40-24-16-8-4-12-20(24)34(26)18-10-2-6-14-22(18)38-30/h1-16H/i1D,2D,3D,4D,5D,6D,7D,8D,9D,10D,11D,12D,13D,14D,15D,16D. The van der Waals surface area contributed by atoms with E-state index in [2.05, 4.69) is 0 Å². The lowest BCUT2D eigenvalue weighted by Gasteiger charge is -2.35. The highest BCUT2D eigenvalue weighted by molar-refractivity contribution is 8.02. The second kappa shape index (κ2) is 8.26. The van der Waals surface area contributed by atoms with Crippen molar-refractivity contribution in [3.63, 3.8) is 0 Å². The Labute approximate surface area is 271 Å². The van der Waals surface area contributed by atoms with Crippen molar-refractivity contribution < 1.29 is 21.9 Å². The quantitative estimate of drug-likeness (QED) is 0.240. The fraction of sp³-hybridized carbons (Fsp3) is 0. The van der Waals surface area contributed by atoms with Gasteiger partial charge in [0.1, 0.15) is 11.0 Å². The molecule has 184 valence electrons. The first kappa shape index (κ1) is 12.5. The van der Waals surface area contributed by atoms with Crippen LogP contribution in [-0.2, 0) is 0 Å². The van der Waals surface area contributed by atoms with E-state index in [4.69, 9.17) is 31.9 Å². The molecule has 6 aromatic rings. The Balaban J connectivity index is 1.37. The highest BCUT2D eigenvalue weighted by Gasteiger charge is 2.43. The number of fused-ring (bicyclic) bond motifs is 11. The van der Waals surface area contributed by atoms with Gasteiger partial charge >= 0.3 is 0 Å². The minimum atomic E-state index is -1.10. The van der Waals surface area contributed by atoms with Crippen LogP contribution < -0.4 is 32.8 Å². The van der Waals surface area contributed by atoms with Gasteiger partial charge in [0, 0.05) is 29.4 Å². The van der Waals surface area contributed by atoms with E-state index in [0.717, 1.165) is 47.0 Å². The van der Waals surface area contributed by atoms with Crippen LogP contribution in [0.15, 0.2) is 136 Å². The van der Waals surface area contributed by atoms with Gasteiger partial charge in [0.05, 0.1) is 32.0 Å². The van der Waals surface area contributed by atoms with Crippen molar-refractivity contribution in [1.29, 1.82) is 0 Å². The van der Waals surface area contributed by atoms with E-state index in [-0.39, 0.29) is 101 Å². The van der Waals surface area contributed by atoms with Crippen LogP contribution in [0.1, 0.15) is 21.9 Å². The first-order valence-electron chi connectivity index (χ1n) is 20.0. The third-order valence-electron chi connectivity index (χ3n) is 7.29. The molecule has 4 aliphatic heterocycles. The number of aromatic nitrogens is 2. The van der Waals surface area contributed by atoms with Crippen LogP contribution in [0.5, 0.6) is 0 Å². The molecular weight excluding hydrogens is 562 g/mol. The van der Waals surface area contributed by atoms with Crippen LogP contribution in [0.3, 0.4) is 0 Å². The Kier molecular flexibility index (Phi) is 2.57. The van der Waals surface area contributed by atoms with Gasteiger partial charge in [-0.25, -0.2) is 9.97 Å². The lowest BCUT2D eigenvalue weighted by molar-refractivity contribution is 1.09. The summed E-state index contributed by atoms with van der Waals surface area (Å²) >= 11 is 4.06. The van der Waals surface area contributed by atoms with Gasteiger partial charge in [0.25, 0.3) is 0 Å². The number of rotatable bonds is 0. The largest absolute Gasteiger partial charge is 0.249 e. The summed E-state index contributed by atoms with van der Waals surface area (Å²) in [4.78, 5) is 11.6. The van der Waals surface area contributed by atoms with Crippen LogP contribution in [0.2, 0.25) is 0 Å². The van der Waals surface area contributed by atoms with Crippen LogP contribution >= 0.6 is 47.0 Å². The van der Waals surface area contributed by atoms with Crippen molar-refractivity contribution in [3.05, 3.63) is 96.7 Å². The van der Waals surface area contributed by atoms with Crippen LogP contribution in [-0.4, -0.2) is 23.4 Å². The molecule has 0 atom stereocenters. The monoisotopic (exact) mass is 594 g/mol. The summed E-state index contributed by atoms with van der Waals surface area (Å²) in [5.74, 6) is 0. The number of pyridine rings is 2. The summed E-state index contributed by atoms with van der Waals surface area (Å²) in [5.41, 5.74) is 1.93. The maximum Gasteiger partial charge on any atom is 0.249 e. The Bertz CT molecular complexity index is 2750. The molecule has 8 heteroatoms. The molecule has 6 heterocycles. The third-order valence-corrected chi connectivity index (χ3v) is 11.6. The minimum absolute atomic E-state index is 0.139. The zero-order valence-corrected chi connectivity index (χ0v) is 22.9. The first-order valence-corrected chi connectivity index (χ1v) is 15.3. The molecule has 0 N–H and O–H groups in total. The summed E-state index contributed by atoms with van der Waals surface area (Å²) in [5, 5.41) is 0.588. The molecule has 2 aromatic heterocycles. The van der Waals surface area contributed by atoms with Crippen molar-refractivity contribution in [2.75, 3.05) is 0 Å². The lowest BCUT2D eigenvalue weighted by atomic mass is 9.36. The molecule has 40 heavy (non-hydrogen) atoms. The number of hydrogen-bond donors (Lipinski definition) is 0. The van der Waals surface area contributed by atoms with Gasteiger partial charge < -0.3 is 0 Å². The van der Waals surface area contributed by atoms with Crippen molar-refractivity contribution in [2.45, 2.75) is 39.4 Å². The number of hydrogen-bond acceptors (Lipinski definition) is 6. The summed E-state index contributed by atoms with van der Waals surface area (Å²) < 4.78 is 140. The molecule has 0 bridgehead atoms. The molecule has 0 fully saturated rings.